The summed E-state index contributed by atoms with van der Waals surface area (Å²) in [6, 6.07) is 19.8. The van der Waals surface area contributed by atoms with Crippen molar-refractivity contribution in [3.8, 4) is 24.0 Å². The van der Waals surface area contributed by atoms with E-state index in [0.717, 1.165) is 0 Å². The van der Waals surface area contributed by atoms with Gasteiger partial charge in [0.15, 0.2) is 5.41 Å². The minimum atomic E-state index is -2.06. The van der Waals surface area contributed by atoms with Crippen LogP contribution in [0.3, 0.4) is 0 Å². The zero-order chi connectivity index (χ0) is 23.1. The molecule has 4 rings (SSSR count). The van der Waals surface area contributed by atoms with Crippen LogP contribution >= 0.6 is 11.6 Å². The number of nitrogens with one attached hydrogen (secondary N) is 1. The zero-order valence-corrected chi connectivity index (χ0v) is 18.2. The van der Waals surface area contributed by atoms with Gasteiger partial charge in [0, 0.05) is 16.1 Å². The second kappa shape index (κ2) is 7.53. The van der Waals surface area contributed by atoms with Crippen molar-refractivity contribution in [1.82, 2.24) is 0 Å². The molecule has 2 bridgehead atoms. The molecule has 0 spiro atoms. The van der Waals surface area contributed by atoms with E-state index in [2.05, 4.69) is 6.07 Å². The lowest BCUT2D eigenvalue weighted by Gasteiger charge is -2.49. The number of ether oxygens (including phenoxy) is 3. The summed E-state index contributed by atoms with van der Waals surface area (Å²) in [6.07, 6.45) is -1.23. The van der Waals surface area contributed by atoms with Gasteiger partial charge < -0.3 is 14.2 Å². The average Bonchev–Trinajstić information content (AvgIpc) is 2.96. The molecule has 7 nitrogen and oxygen atoms in total. The summed E-state index contributed by atoms with van der Waals surface area (Å²) in [4.78, 5) is 0. The van der Waals surface area contributed by atoms with Gasteiger partial charge >= 0.3 is 0 Å². The fraction of sp³-hybridized carbons (Fsp3) is 0.333. The van der Waals surface area contributed by atoms with Crippen LogP contribution in [0, 0.1) is 56.2 Å². The van der Waals surface area contributed by atoms with Crippen molar-refractivity contribution < 1.29 is 14.2 Å². The molecule has 8 heteroatoms. The summed E-state index contributed by atoms with van der Waals surface area (Å²) >= 11 is 6.06. The predicted molar refractivity (Wildman–Crippen MR) is 114 cm³/mol. The van der Waals surface area contributed by atoms with E-state index in [1.807, 2.05) is 19.1 Å². The Balaban J connectivity index is 2.04. The highest BCUT2D eigenvalue weighted by Crippen LogP contribution is 2.69. The smallest absolute Gasteiger partial charge is 0.244 e. The number of hydrogen-bond donors (Lipinski definition) is 1. The van der Waals surface area contributed by atoms with Crippen LogP contribution in [0.5, 0.6) is 5.75 Å². The van der Waals surface area contributed by atoms with Crippen molar-refractivity contribution in [3.63, 3.8) is 0 Å². The largest absolute Gasteiger partial charge is 0.493 e. The SMILES string of the molecule is CCOc1ccccc1C1OC2(c3ccc(Cl)cc3)OC(=N)C(C#N)(C2C)C1(C#N)C#N. The van der Waals surface area contributed by atoms with Gasteiger partial charge in [0.1, 0.15) is 11.9 Å². The third-order valence-corrected chi connectivity index (χ3v) is 6.67. The number of benzene rings is 2. The molecule has 2 saturated heterocycles. The fourth-order valence-corrected chi connectivity index (χ4v) is 4.94. The quantitative estimate of drug-likeness (QED) is 0.715. The third kappa shape index (κ3) is 2.52. The number of nitrogens with zero attached hydrogens (tertiary/aromatic N) is 3. The highest BCUT2D eigenvalue weighted by molar-refractivity contribution is 6.30. The molecular weight excluding hydrogens is 428 g/mol. The van der Waals surface area contributed by atoms with Gasteiger partial charge in [0.05, 0.1) is 30.7 Å². The number of hydrogen-bond acceptors (Lipinski definition) is 7. The normalized spacial score (nSPS) is 29.8. The van der Waals surface area contributed by atoms with Crippen LogP contribution in [-0.4, -0.2) is 12.5 Å². The monoisotopic (exact) mass is 446 g/mol. The Hall–Kier alpha value is -3.57. The number of nitriles is 3. The lowest BCUT2D eigenvalue weighted by atomic mass is 9.53. The van der Waals surface area contributed by atoms with Crippen molar-refractivity contribution in [2.45, 2.75) is 25.7 Å². The topological polar surface area (TPSA) is 123 Å². The predicted octanol–water partition coefficient (Wildman–Crippen LogP) is 4.85. The Morgan fingerprint density at radius 1 is 1.06 bits per heavy atom. The standard InChI is InChI=1S/C24H19ClN4O3/c1-3-30-19-7-5-4-6-18(19)20-22(12-26,13-27)23(14-28)15(2)24(31-20,32-21(23)29)16-8-10-17(25)11-9-16/h4-11,15,20,29H,3H2,1-2H3. The molecule has 2 aromatic rings. The summed E-state index contributed by atoms with van der Waals surface area (Å²) in [7, 11) is 0. The van der Waals surface area contributed by atoms with Gasteiger partial charge in [-0.05, 0) is 25.1 Å². The Bertz CT molecular complexity index is 1200. The van der Waals surface area contributed by atoms with Crippen molar-refractivity contribution in [1.29, 1.82) is 21.2 Å². The highest BCUT2D eigenvalue weighted by atomic mass is 35.5. The second-order valence-corrected chi connectivity index (χ2v) is 8.18. The number of fused-ring (bicyclic) bond motifs is 2. The van der Waals surface area contributed by atoms with E-state index in [4.69, 9.17) is 31.2 Å². The Kier molecular flexibility index (Phi) is 5.10. The van der Waals surface area contributed by atoms with E-state index in [1.54, 1.807) is 55.5 Å². The number of halogens is 1. The minimum absolute atomic E-state index is 0.351. The van der Waals surface area contributed by atoms with E-state index in [-0.39, 0.29) is 0 Å². The van der Waals surface area contributed by atoms with Crippen LogP contribution in [0.1, 0.15) is 31.1 Å². The van der Waals surface area contributed by atoms with Crippen LogP contribution in [-0.2, 0) is 15.3 Å². The van der Waals surface area contributed by atoms with E-state index in [9.17, 15) is 15.8 Å². The third-order valence-electron chi connectivity index (χ3n) is 6.42. The number of rotatable bonds is 4. The first-order valence-electron chi connectivity index (χ1n) is 10.0. The minimum Gasteiger partial charge on any atom is -0.493 e. The van der Waals surface area contributed by atoms with Crippen LogP contribution < -0.4 is 4.74 Å². The van der Waals surface area contributed by atoms with Gasteiger partial charge in [-0.2, -0.15) is 15.8 Å². The molecule has 32 heavy (non-hydrogen) atoms. The van der Waals surface area contributed by atoms with E-state index in [1.165, 1.54) is 0 Å². The van der Waals surface area contributed by atoms with Crippen molar-refractivity contribution in [2.24, 2.45) is 16.7 Å². The summed E-state index contributed by atoms with van der Waals surface area (Å²) in [5, 5.41) is 40.1. The van der Waals surface area contributed by atoms with E-state index < -0.39 is 34.5 Å². The van der Waals surface area contributed by atoms with Gasteiger partial charge in [-0.3, -0.25) is 5.41 Å². The molecule has 2 aromatic carbocycles. The van der Waals surface area contributed by atoms with Gasteiger partial charge in [-0.1, -0.05) is 48.9 Å². The number of para-hydroxylation sites is 1. The van der Waals surface area contributed by atoms with Crippen molar-refractivity contribution in [3.05, 3.63) is 64.7 Å². The summed E-state index contributed by atoms with van der Waals surface area (Å²) in [6.45, 7) is 3.83. The molecule has 4 atom stereocenters. The Morgan fingerprint density at radius 2 is 1.72 bits per heavy atom. The lowest BCUT2D eigenvalue weighted by molar-refractivity contribution is -0.288. The molecule has 0 amide bonds. The summed E-state index contributed by atoms with van der Waals surface area (Å²) in [5.74, 6) is -2.46. The van der Waals surface area contributed by atoms with E-state index >= 15 is 0 Å². The van der Waals surface area contributed by atoms with Gasteiger partial charge in [-0.25, -0.2) is 0 Å². The molecule has 2 aliphatic heterocycles. The molecule has 0 aliphatic carbocycles. The lowest BCUT2D eigenvalue weighted by Crippen LogP contribution is -2.57. The molecule has 0 saturated carbocycles. The van der Waals surface area contributed by atoms with Gasteiger partial charge in [0.25, 0.3) is 0 Å². The zero-order valence-electron chi connectivity index (χ0n) is 17.4. The molecule has 0 aromatic heterocycles. The molecular formula is C24H19ClN4O3. The molecule has 4 unspecified atom stereocenters. The van der Waals surface area contributed by atoms with Gasteiger partial charge in [0.2, 0.25) is 17.1 Å². The van der Waals surface area contributed by atoms with Crippen LogP contribution in [0.4, 0.5) is 0 Å². The first-order chi connectivity index (χ1) is 15.4. The van der Waals surface area contributed by atoms with E-state index in [0.29, 0.717) is 28.5 Å². The Morgan fingerprint density at radius 3 is 2.31 bits per heavy atom. The second-order valence-electron chi connectivity index (χ2n) is 7.75. The van der Waals surface area contributed by atoms with Crippen LogP contribution in [0.15, 0.2) is 48.5 Å². The maximum atomic E-state index is 10.4. The van der Waals surface area contributed by atoms with Crippen molar-refractivity contribution >= 4 is 17.5 Å². The first kappa shape index (κ1) is 21.7. The van der Waals surface area contributed by atoms with Crippen LogP contribution in [0.2, 0.25) is 5.02 Å². The first-order valence-corrected chi connectivity index (χ1v) is 10.4. The van der Waals surface area contributed by atoms with Gasteiger partial charge in [-0.15, -0.1) is 0 Å². The summed E-state index contributed by atoms with van der Waals surface area (Å²) in [5.41, 5.74) is -2.98. The summed E-state index contributed by atoms with van der Waals surface area (Å²) < 4.78 is 18.2. The molecule has 2 aliphatic rings. The molecule has 1 N–H and O–H groups in total. The fourth-order valence-electron chi connectivity index (χ4n) is 4.81. The average molecular weight is 447 g/mol. The molecule has 2 heterocycles. The van der Waals surface area contributed by atoms with Crippen molar-refractivity contribution in [2.75, 3.05) is 6.61 Å². The highest BCUT2D eigenvalue weighted by Gasteiger charge is 2.80. The molecule has 160 valence electrons. The molecule has 2 fully saturated rings. The molecule has 0 radical (unpaired) electrons. The maximum Gasteiger partial charge on any atom is 0.244 e. The maximum absolute atomic E-state index is 10.4. The van der Waals surface area contributed by atoms with Crippen LogP contribution in [0.25, 0.3) is 0 Å². The Labute approximate surface area is 190 Å².